The van der Waals surface area contributed by atoms with Crippen molar-refractivity contribution in [2.75, 3.05) is 39.5 Å². The highest BCUT2D eigenvalue weighted by Crippen LogP contribution is 2.17. The monoisotopic (exact) mass is 417 g/mol. The van der Waals surface area contributed by atoms with Crippen LogP contribution in [0.25, 0.3) is 0 Å². The predicted octanol–water partition coefficient (Wildman–Crippen LogP) is 0.387. The molecule has 0 bridgehead atoms. The number of carbonyl (C=O) groups excluding carboxylic acids is 2. The first kappa shape index (κ1) is 22.4. The highest BCUT2D eigenvalue weighted by Gasteiger charge is 2.29. The standard InChI is InChI=1S/C22H31N3O5/c1-16(17-5-3-2-4-6-17)23-21(27)13-18-7-8-19(20(15-26)30-18)24-22(28)14-25-9-11-29-12-10-25/h2-8,16,18-20,26H,9-15H2,1H3,(H,23,27)(H,24,28)/t16-,18+,19-,20+/m1/s1. The number of rotatable bonds is 8. The normalized spacial score (nSPS) is 25.5. The molecule has 3 N–H and O–H groups in total. The first-order chi connectivity index (χ1) is 14.5. The van der Waals surface area contributed by atoms with Gasteiger partial charge in [-0.3, -0.25) is 14.5 Å². The number of carbonyl (C=O) groups is 2. The maximum absolute atomic E-state index is 12.4. The number of aliphatic hydroxyl groups excluding tert-OH is 1. The van der Waals surface area contributed by atoms with Gasteiger partial charge in [-0.25, -0.2) is 0 Å². The van der Waals surface area contributed by atoms with E-state index >= 15 is 0 Å². The summed E-state index contributed by atoms with van der Waals surface area (Å²) in [6.07, 6.45) is 2.70. The molecule has 1 saturated heterocycles. The lowest BCUT2D eigenvalue weighted by atomic mass is 10.0. The lowest BCUT2D eigenvalue weighted by Gasteiger charge is -2.33. The molecule has 8 heteroatoms. The molecule has 0 saturated carbocycles. The highest BCUT2D eigenvalue weighted by molar-refractivity contribution is 5.79. The van der Waals surface area contributed by atoms with Crippen molar-refractivity contribution in [2.24, 2.45) is 0 Å². The summed E-state index contributed by atoms with van der Waals surface area (Å²) in [7, 11) is 0. The first-order valence-corrected chi connectivity index (χ1v) is 10.4. The Morgan fingerprint density at radius 3 is 2.60 bits per heavy atom. The van der Waals surface area contributed by atoms with Gasteiger partial charge in [-0.1, -0.05) is 42.5 Å². The van der Waals surface area contributed by atoms with E-state index in [-0.39, 0.29) is 37.4 Å². The number of morpholine rings is 1. The van der Waals surface area contributed by atoms with E-state index in [4.69, 9.17) is 9.47 Å². The molecule has 4 atom stereocenters. The van der Waals surface area contributed by atoms with Gasteiger partial charge in [0, 0.05) is 13.1 Å². The van der Waals surface area contributed by atoms with Gasteiger partial charge in [-0.2, -0.15) is 0 Å². The van der Waals surface area contributed by atoms with E-state index in [2.05, 4.69) is 10.6 Å². The van der Waals surface area contributed by atoms with Crippen LogP contribution < -0.4 is 10.6 Å². The Balaban J connectivity index is 1.47. The van der Waals surface area contributed by atoms with E-state index in [9.17, 15) is 14.7 Å². The fraction of sp³-hybridized carbons (Fsp3) is 0.545. The smallest absolute Gasteiger partial charge is 0.234 e. The van der Waals surface area contributed by atoms with Gasteiger partial charge in [-0.05, 0) is 12.5 Å². The van der Waals surface area contributed by atoms with Crippen LogP contribution in [0.4, 0.5) is 0 Å². The molecule has 2 aliphatic rings. The Bertz CT molecular complexity index is 721. The van der Waals surface area contributed by atoms with E-state index in [1.807, 2.05) is 42.2 Å². The minimum atomic E-state index is -0.590. The molecule has 8 nitrogen and oxygen atoms in total. The molecule has 0 radical (unpaired) electrons. The Morgan fingerprint density at radius 2 is 1.90 bits per heavy atom. The molecule has 0 aliphatic carbocycles. The summed E-state index contributed by atoms with van der Waals surface area (Å²) in [5.41, 5.74) is 1.03. The average Bonchev–Trinajstić information content (AvgIpc) is 2.76. The van der Waals surface area contributed by atoms with Crippen molar-refractivity contribution < 1.29 is 24.2 Å². The van der Waals surface area contributed by atoms with Crippen LogP contribution in [0.1, 0.15) is 24.9 Å². The van der Waals surface area contributed by atoms with Gasteiger partial charge in [0.1, 0.15) is 6.10 Å². The molecule has 0 unspecified atom stereocenters. The molecule has 1 aromatic carbocycles. The average molecular weight is 418 g/mol. The number of benzene rings is 1. The second-order valence-electron chi connectivity index (χ2n) is 7.67. The summed E-state index contributed by atoms with van der Waals surface area (Å²) in [5, 5.41) is 15.6. The third-order valence-electron chi connectivity index (χ3n) is 5.33. The highest BCUT2D eigenvalue weighted by atomic mass is 16.5. The first-order valence-electron chi connectivity index (χ1n) is 10.4. The molecule has 0 aromatic heterocycles. The molecule has 1 aromatic rings. The molecule has 1 fully saturated rings. The molecular weight excluding hydrogens is 386 g/mol. The number of amides is 2. The molecule has 3 rings (SSSR count). The quantitative estimate of drug-likeness (QED) is 0.529. The minimum Gasteiger partial charge on any atom is -0.394 e. The van der Waals surface area contributed by atoms with Crippen molar-refractivity contribution in [1.29, 1.82) is 0 Å². The third kappa shape index (κ3) is 6.63. The zero-order chi connectivity index (χ0) is 21.3. The SMILES string of the molecule is C[C@@H](NC(=O)C[C@@H]1C=C[C@@H](NC(=O)CN2CCOCC2)[C@H](CO)O1)c1ccccc1. The van der Waals surface area contributed by atoms with Crippen LogP contribution in [0.5, 0.6) is 0 Å². The van der Waals surface area contributed by atoms with Crippen LogP contribution in [-0.2, 0) is 19.1 Å². The van der Waals surface area contributed by atoms with Crippen molar-refractivity contribution in [3.63, 3.8) is 0 Å². The van der Waals surface area contributed by atoms with Crippen molar-refractivity contribution >= 4 is 11.8 Å². The second kappa shape index (κ2) is 11.2. The van der Waals surface area contributed by atoms with Gasteiger partial charge in [-0.15, -0.1) is 0 Å². The van der Waals surface area contributed by atoms with Gasteiger partial charge >= 0.3 is 0 Å². The predicted molar refractivity (Wildman–Crippen MR) is 112 cm³/mol. The summed E-state index contributed by atoms with van der Waals surface area (Å²) >= 11 is 0. The van der Waals surface area contributed by atoms with Gasteiger partial charge in [0.25, 0.3) is 0 Å². The topological polar surface area (TPSA) is 100 Å². The molecule has 164 valence electrons. The minimum absolute atomic E-state index is 0.105. The van der Waals surface area contributed by atoms with Crippen LogP contribution in [-0.4, -0.2) is 79.5 Å². The Morgan fingerprint density at radius 1 is 1.17 bits per heavy atom. The molecular formula is C22H31N3O5. The van der Waals surface area contributed by atoms with Crippen LogP contribution in [0.3, 0.4) is 0 Å². The zero-order valence-corrected chi connectivity index (χ0v) is 17.3. The molecule has 2 aliphatic heterocycles. The summed E-state index contributed by atoms with van der Waals surface area (Å²) < 4.78 is 11.1. The molecule has 2 amide bonds. The van der Waals surface area contributed by atoms with Crippen LogP contribution >= 0.6 is 0 Å². The number of hydrogen-bond acceptors (Lipinski definition) is 6. The van der Waals surface area contributed by atoms with E-state index in [0.717, 1.165) is 18.7 Å². The van der Waals surface area contributed by atoms with Gasteiger partial charge < -0.3 is 25.2 Å². The van der Waals surface area contributed by atoms with Crippen LogP contribution in [0.2, 0.25) is 0 Å². The summed E-state index contributed by atoms with van der Waals surface area (Å²) in [6, 6.07) is 9.21. The van der Waals surface area contributed by atoms with Crippen LogP contribution in [0, 0.1) is 0 Å². The van der Waals surface area contributed by atoms with Crippen molar-refractivity contribution in [3.05, 3.63) is 48.0 Å². The van der Waals surface area contributed by atoms with Crippen molar-refractivity contribution in [3.8, 4) is 0 Å². The number of nitrogens with one attached hydrogen (secondary N) is 2. The lowest BCUT2D eigenvalue weighted by Crippen LogP contribution is -2.52. The second-order valence-corrected chi connectivity index (χ2v) is 7.67. The largest absolute Gasteiger partial charge is 0.394 e. The Hall–Kier alpha value is -2.26. The summed E-state index contributed by atoms with van der Waals surface area (Å²) in [5.74, 6) is -0.256. The zero-order valence-electron chi connectivity index (χ0n) is 17.3. The maximum Gasteiger partial charge on any atom is 0.234 e. The van der Waals surface area contributed by atoms with Crippen molar-refractivity contribution in [2.45, 2.75) is 37.6 Å². The number of ether oxygens (including phenoxy) is 2. The van der Waals surface area contributed by atoms with Gasteiger partial charge in [0.05, 0.1) is 51.0 Å². The van der Waals surface area contributed by atoms with Crippen molar-refractivity contribution in [1.82, 2.24) is 15.5 Å². The molecule has 0 spiro atoms. The number of aliphatic hydroxyl groups is 1. The van der Waals surface area contributed by atoms with Gasteiger partial charge in [0.15, 0.2) is 0 Å². The van der Waals surface area contributed by atoms with Crippen LogP contribution in [0.15, 0.2) is 42.5 Å². The molecule has 2 heterocycles. The third-order valence-corrected chi connectivity index (χ3v) is 5.33. The summed E-state index contributed by atoms with van der Waals surface area (Å²) in [4.78, 5) is 26.8. The number of hydrogen-bond donors (Lipinski definition) is 3. The van der Waals surface area contributed by atoms with Gasteiger partial charge in [0.2, 0.25) is 11.8 Å². The fourth-order valence-electron chi connectivity index (χ4n) is 3.64. The number of nitrogens with zero attached hydrogens (tertiary/aromatic N) is 1. The Labute approximate surface area is 177 Å². The molecule has 30 heavy (non-hydrogen) atoms. The fourth-order valence-corrected chi connectivity index (χ4v) is 3.64. The lowest BCUT2D eigenvalue weighted by molar-refractivity contribution is -0.129. The maximum atomic E-state index is 12.4. The van der Waals surface area contributed by atoms with E-state index in [1.165, 1.54) is 0 Å². The van der Waals surface area contributed by atoms with E-state index in [1.54, 1.807) is 12.2 Å². The Kier molecular flexibility index (Phi) is 8.39. The van der Waals surface area contributed by atoms with E-state index < -0.39 is 18.2 Å². The summed E-state index contributed by atoms with van der Waals surface area (Å²) in [6.45, 7) is 4.69. The van der Waals surface area contributed by atoms with E-state index in [0.29, 0.717) is 13.2 Å².